The number of aromatic nitrogens is 3. The highest BCUT2D eigenvalue weighted by Gasteiger charge is 2.12. The van der Waals surface area contributed by atoms with Crippen LogP contribution in [-0.4, -0.2) is 20.7 Å². The molecule has 0 saturated heterocycles. The lowest BCUT2D eigenvalue weighted by atomic mass is 10.1. The molecule has 7 heteroatoms. The summed E-state index contributed by atoms with van der Waals surface area (Å²) in [6, 6.07) is 19.6. The zero-order valence-corrected chi connectivity index (χ0v) is 16.6. The van der Waals surface area contributed by atoms with E-state index >= 15 is 0 Å². The number of rotatable bonds is 5. The van der Waals surface area contributed by atoms with Crippen LogP contribution in [0.2, 0.25) is 0 Å². The number of hydrogen-bond acceptors (Lipinski definition) is 5. The van der Waals surface area contributed by atoms with Gasteiger partial charge in [-0.2, -0.15) is 10.4 Å². The second kappa shape index (κ2) is 8.05. The van der Waals surface area contributed by atoms with Gasteiger partial charge in [0.25, 0.3) is 5.56 Å². The van der Waals surface area contributed by atoms with Crippen LogP contribution in [-0.2, 0) is 0 Å². The van der Waals surface area contributed by atoms with Gasteiger partial charge in [-0.05, 0) is 36.9 Å². The van der Waals surface area contributed by atoms with Crippen molar-refractivity contribution in [1.82, 2.24) is 14.5 Å². The average Bonchev–Trinajstić information content (AvgIpc) is 3.17. The van der Waals surface area contributed by atoms with E-state index in [-0.39, 0.29) is 11.5 Å². The minimum absolute atomic E-state index is 0.0318. The smallest absolute Gasteiger partial charge is 0.270 e. The number of nitrogens with one attached hydrogen (secondary N) is 2. The molecule has 0 radical (unpaired) electrons. The van der Waals surface area contributed by atoms with Crippen LogP contribution >= 0.6 is 0 Å². The van der Waals surface area contributed by atoms with Crippen molar-refractivity contribution >= 4 is 23.1 Å². The molecule has 0 fully saturated rings. The van der Waals surface area contributed by atoms with E-state index in [4.69, 9.17) is 0 Å². The molecule has 4 aromatic rings. The van der Waals surface area contributed by atoms with Gasteiger partial charge in [-0.15, -0.1) is 0 Å². The third kappa shape index (κ3) is 3.71. The molecule has 2 N–H and O–H groups in total. The van der Waals surface area contributed by atoms with E-state index < -0.39 is 5.56 Å². The summed E-state index contributed by atoms with van der Waals surface area (Å²) in [7, 11) is 0. The van der Waals surface area contributed by atoms with Gasteiger partial charge in [0.15, 0.2) is 0 Å². The lowest BCUT2D eigenvalue weighted by molar-refractivity contribution is 0.623. The van der Waals surface area contributed by atoms with Gasteiger partial charge in [-0.3, -0.25) is 9.78 Å². The van der Waals surface area contributed by atoms with Crippen LogP contribution in [0.3, 0.4) is 0 Å². The van der Waals surface area contributed by atoms with E-state index in [1.807, 2.05) is 36.4 Å². The fraction of sp³-hybridized carbons (Fsp3) is 0.130. The minimum atomic E-state index is -0.514. The van der Waals surface area contributed by atoms with Crippen LogP contribution < -0.4 is 11.0 Å². The Morgan fingerprint density at radius 3 is 2.73 bits per heavy atom. The number of H-pyrrole nitrogens is 1. The van der Waals surface area contributed by atoms with Gasteiger partial charge in [-0.1, -0.05) is 42.5 Å². The Bertz CT molecular complexity index is 1330. The van der Waals surface area contributed by atoms with Gasteiger partial charge in [0.2, 0.25) is 5.95 Å². The van der Waals surface area contributed by atoms with Crippen LogP contribution in [0.25, 0.3) is 22.2 Å². The van der Waals surface area contributed by atoms with E-state index in [2.05, 4.69) is 57.2 Å². The molecule has 0 amide bonds. The van der Waals surface area contributed by atoms with Gasteiger partial charge in [0.1, 0.15) is 11.6 Å². The lowest BCUT2D eigenvalue weighted by Crippen LogP contribution is -2.16. The van der Waals surface area contributed by atoms with Crippen LogP contribution in [0.15, 0.2) is 70.7 Å². The molecule has 0 spiro atoms. The van der Waals surface area contributed by atoms with Crippen molar-refractivity contribution in [2.45, 2.75) is 19.9 Å². The quantitative estimate of drug-likeness (QED) is 0.388. The summed E-state index contributed by atoms with van der Waals surface area (Å²) in [5.74, 6) is 0.167. The Kier molecular flexibility index (Phi) is 5.14. The molecule has 148 valence electrons. The topological polar surface area (TPSA) is 98.9 Å². The van der Waals surface area contributed by atoms with Crippen molar-refractivity contribution in [3.63, 3.8) is 0 Å². The predicted molar refractivity (Wildman–Crippen MR) is 119 cm³/mol. The van der Waals surface area contributed by atoms with Gasteiger partial charge in [0, 0.05) is 23.3 Å². The molecule has 0 saturated carbocycles. The first kappa shape index (κ1) is 19.2. The molecule has 0 unspecified atom stereocenters. The number of nitriles is 1. The van der Waals surface area contributed by atoms with Crippen LogP contribution in [0.4, 0.5) is 5.95 Å². The van der Waals surface area contributed by atoms with E-state index in [0.717, 1.165) is 11.1 Å². The monoisotopic (exact) mass is 396 g/mol. The van der Waals surface area contributed by atoms with Gasteiger partial charge < -0.3 is 4.57 Å². The Hall–Kier alpha value is -4.18. The molecule has 0 atom stereocenters. The highest BCUT2D eigenvalue weighted by atomic mass is 16.1. The second-order valence-electron chi connectivity index (χ2n) is 7.12. The molecule has 0 aliphatic rings. The fourth-order valence-corrected chi connectivity index (χ4v) is 3.30. The highest BCUT2D eigenvalue weighted by Crippen LogP contribution is 2.21. The number of fused-ring (bicyclic) bond motifs is 1. The maximum absolute atomic E-state index is 12.3. The maximum atomic E-state index is 12.3. The van der Waals surface area contributed by atoms with Crippen LogP contribution in [0.1, 0.15) is 31.0 Å². The lowest BCUT2D eigenvalue weighted by Gasteiger charge is -2.09. The van der Waals surface area contributed by atoms with Crippen molar-refractivity contribution < 1.29 is 0 Å². The first-order valence-corrected chi connectivity index (χ1v) is 9.56. The fourth-order valence-electron chi connectivity index (χ4n) is 3.30. The Morgan fingerprint density at radius 2 is 2.00 bits per heavy atom. The first-order chi connectivity index (χ1) is 14.6. The molecule has 7 nitrogen and oxygen atoms in total. The summed E-state index contributed by atoms with van der Waals surface area (Å²) in [5.41, 5.74) is 5.26. The van der Waals surface area contributed by atoms with Crippen molar-refractivity contribution in [1.29, 1.82) is 5.26 Å². The number of nitrogens with zero attached hydrogens (tertiary/aromatic N) is 4. The predicted octanol–water partition coefficient (Wildman–Crippen LogP) is 4.29. The van der Waals surface area contributed by atoms with Crippen molar-refractivity contribution in [2.75, 3.05) is 5.43 Å². The number of hydrazone groups is 1. The average molecular weight is 396 g/mol. The summed E-state index contributed by atoms with van der Waals surface area (Å²) in [4.78, 5) is 19.2. The van der Waals surface area contributed by atoms with E-state index in [0.29, 0.717) is 17.3 Å². The zero-order chi connectivity index (χ0) is 21.1. The summed E-state index contributed by atoms with van der Waals surface area (Å²) in [6.07, 6.45) is 3.74. The van der Waals surface area contributed by atoms with E-state index in [1.165, 1.54) is 5.39 Å². The molecule has 2 heterocycles. The Balaban J connectivity index is 1.62. The third-order valence-corrected chi connectivity index (χ3v) is 4.77. The number of hydrogen-bond donors (Lipinski definition) is 2. The SMILES string of the molecule is CC(C)n1ccc2ccc(C=NNc3nc(-c4ccccc4)c(C#N)c(=O)[nH]3)cc21. The summed E-state index contributed by atoms with van der Waals surface area (Å²) >= 11 is 0. The molecule has 2 aromatic heterocycles. The molecule has 0 aliphatic heterocycles. The standard InChI is InChI=1S/C23H20N6O/c1-15(2)29-11-10-17-9-8-16(12-20(17)29)14-25-28-23-26-21(18-6-4-3-5-7-18)19(13-24)22(30)27-23/h3-12,14-15H,1-2H3,(H2,26,27,28,30). The minimum Gasteiger partial charge on any atom is -0.345 e. The Morgan fingerprint density at radius 1 is 1.20 bits per heavy atom. The number of anilines is 1. The number of aromatic amines is 1. The molecule has 0 bridgehead atoms. The molecule has 2 aromatic carbocycles. The second-order valence-corrected chi connectivity index (χ2v) is 7.12. The largest absolute Gasteiger partial charge is 0.345 e. The first-order valence-electron chi connectivity index (χ1n) is 9.56. The van der Waals surface area contributed by atoms with Crippen molar-refractivity contribution in [3.05, 3.63) is 82.3 Å². The zero-order valence-electron chi connectivity index (χ0n) is 16.6. The maximum Gasteiger partial charge on any atom is 0.270 e. The van der Waals surface area contributed by atoms with Gasteiger partial charge in [-0.25, -0.2) is 10.4 Å². The molecule has 0 aliphatic carbocycles. The van der Waals surface area contributed by atoms with Crippen molar-refractivity contribution in [2.24, 2.45) is 5.10 Å². The van der Waals surface area contributed by atoms with Gasteiger partial charge >= 0.3 is 0 Å². The van der Waals surface area contributed by atoms with E-state index in [1.54, 1.807) is 18.3 Å². The highest BCUT2D eigenvalue weighted by molar-refractivity contribution is 5.89. The third-order valence-electron chi connectivity index (χ3n) is 4.77. The Labute approximate surface area is 173 Å². The van der Waals surface area contributed by atoms with Crippen LogP contribution in [0, 0.1) is 11.3 Å². The normalized spacial score (nSPS) is 11.3. The van der Waals surface area contributed by atoms with Crippen molar-refractivity contribution in [3.8, 4) is 17.3 Å². The summed E-state index contributed by atoms with van der Waals surface area (Å²) in [5, 5.41) is 14.7. The molecule has 4 rings (SSSR count). The summed E-state index contributed by atoms with van der Waals surface area (Å²) < 4.78 is 2.20. The molecular formula is C23H20N6O. The summed E-state index contributed by atoms with van der Waals surface area (Å²) in [6.45, 7) is 4.28. The van der Waals surface area contributed by atoms with Crippen LogP contribution in [0.5, 0.6) is 0 Å². The van der Waals surface area contributed by atoms with Gasteiger partial charge in [0.05, 0.1) is 11.9 Å². The van der Waals surface area contributed by atoms with E-state index in [9.17, 15) is 10.1 Å². The molecular weight excluding hydrogens is 376 g/mol. The molecule has 30 heavy (non-hydrogen) atoms. The number of benzene rings is 2.